The molecule has 4 heteroatoms. The van der Waals surface area contributed by atoms with Gasteiger partial charge in [-0.3, -0.25) is 0 Å². The van der Waals surface area contributed by atoms with Gasteiger partial charge in [0.25, 0.3) is 0 Å². The highest BCUT2D eigenvalue weighted by Crippen LogP contribution is 2.31. The summed E-state index contributed by atoms with van der Waals surface area (Å²) in [5.74, 6) is 3.11. The van der Waals surface area contributed by atoms with Crippen LogP contribution < -0.4 is 4.74 Å². The Hall–Kier alpha value is -1.60. The van der Waals surface area contributed by atoms with Crippen molar-refractivity contribution in [2.24, 2.45) is 0 Å². The maximum Gasteiger partial charge on any atom is 0.415 e. The maximum absolute atomic E-state index is 11.9. The Labute approximate surface area is 113 Å². The van der Waals surface area contributed by atoms with E-state index < -0.39 is 0 Å². The molecule has 0 fully saturated rings. The third kappa shape index (κ3) is 3.21. The van der Waals surface area contributed by atoms with Gasteiger partial charge in [-0.15, -0.1) is 18.2 Å². The number of carbonyl (C=O) groups is 1. The van der Waals surface area contributed by atoms with Gasteiger partial charge >= 0.3 is 6.09 Å². The molecule has 0 aromatic heterocycles. The third-order valence-electron chi connectivity index (χ3n) is 2.56. The second-order valence-corrected chi connectivity index (χ2v) is 4.34. The van der Waals surface area contributed by atoms with Gasteiger partial charge in [-0.2, -0.15) is 0 Å². The van der Waals surface area contributed by atoms with Gasteiger partial charge in [0.2, 0.25) is 0 Å². The summed E-state index contributed by atoms with van der Waals surface area (Å²) < 4.78 is 5.39. The Morgan fingerprint density at radius 1 is 1.44 bits per heavy atom. The predicted molar refractivity (Wildman–Crippen MR) is 75.1 cm³/mol. The fourth-order valence-electron chi connectivity index (χ4n) is 1.56. The smallest absolute Gasteiger partial charge is 0.409 e. The summed E-state index contributed by atoms with van der Waals surface area (Å²) in [6, 6.07) is 5.38. The minimum atomic E-state index is -0.343. The number of hydrogen-bond acceptors (Lipinski definition) is 3. The van der Waals surface area contributed by atoms with Crippen molar-refractivity contribution in [2.75, 3.05) is 19.3 Å². The first-order valence-electron chi connectivity index (χ1n) is 5.78. The molecular weight excluding hydrogens is 246 g/mol. The van der Waals surface area contributed by atoms with Crippen molar-refractivity contribution in [1.82, 2.24) is 4.90 Å². The zero-order valence-corrected chi connectivity index (χ0v) is 11.7. The molecule has 0 heterocycles. The van der Waals surface area contributed by atoms with Crippen LogP contribution in [-0.2, 0) is 0 Å². The number of terminal acetylenes is 1. The summed E-state index contributed by atoms with van der Waals surface area (Å²) >= 11 is 1.48. The van der Waals surface area contributed by atoms with Crippen molar-refractivity contribution in [2.45, 2.75) is 18.7 Å². The molecule has 1 amide bonds. The Morgan fingerprint density at radius 3 is 2.61 bits per heavy atom. The number of benzene rings is 1. The monoisotopic (exact) mass is 263 g/mol. The molecule has 3 nitrogen and oxygen atoms in total. The normalized spacial score (nSPS) is 9.67. The summed E-state index contributed by atoms with van der Waals surface area (Å²) in [7, 11) is 0. The molecule has 0 aliphatic heterocycles. The molecule has 0 aliphatic carbocycles. The molecule has 1 rings (SSSR count). The van der Waals surface area contributed by atoms with E-state index in [9.17, 15) is 4.79 Å². The number of carbonyl (C=O) groups excluding carboxylic acids is 1. The van der Waals surface area contributed by atoms with E-state index >= 15 is 0 Å². The molecule has 96 valence electrons. The molecule has 0 unspecified atom stereocenters. The van der Waals surface area contributed by atoms with Crippen molar-refractivity contribution in [3.8, 4) is 18.1 Å². The van der Waals surface area contributed by atoms with Gasteiger partial charge in [0.15, 0.2) is 0 Å². The quantitative estimate of drug-likeness (QED) is 0.617. The van der Waals surface area contributed by atoms with Gasteiger partial charge in [0, 0.05) is 18.7 Å². The number of amides is 1. The first-order valence-corrected chi connectivity index (χ1v) is 7.00. The Balaban J connectivity index is 2.98. The van der Waals surface area contributed by atoms with Gasteiger partial charge in [0.1, 0.15) is 5.75 Å². The van der Waals surface area contributed by atoms with Crippen LogP contribution in [0.2, 0.25) is 0 Å². The Morgan fingerprint density at radius 2 is 2.11 bits per heavy atom. The van der Waals surface area contributed by atoms with E-state index in [4.69, 9.17) is 11.2 Å². The van der Waals surface area contributed by atoms with Crippen LogP contribution in [0.15, 0.2) is 23.1 Å². The van der Waals surface area contributed by atoms with Crippen molar-refractivity contribution in [1.29, 1.82) is 0 Å². The number of hydrogen-bond donors (Lipinski definition) is 0. The summed E-state index contributed by atoms with van der Waals surface area (Å²) in [5.41, 5.74) is 0.743. The lowest BCUT2D eigenvalue weighted by Crippen LogP contribution is -2.33. The summed E-state index contributed by atoms with van der Waals surface area (Å²) in [4.78, 5) is 14.3. The first-order chi connectivity index (χ1) is 8.67. The molecule has 0 radical (unpaired) electrons. The first kappa shape index (κ1) is 14.5. The highest BCUT2D eigenvalue weighted by molar-refractivity contribution is 7.98. The van der Waals surface area contributed by atoms with E-state index in [0.29, 0.717) is 18.8 Å². The topological polar surface area (TPSA) is 29.5 Å². The van der Waals surface area contributed by atoms with E-state index in [-0.39, 0.29) is 6.09 Å². The maximum atomic E-state index is 11.9. The van der Waals surface area contributed by atoms with Crippen molar-refractivity contribution < 1.29 is 9.53 Å². The van der Waals surface area contributed by atoms with Gasteiger partial charge in [-0.25, -0.2) is 4.79 Å². The van der Waals surface area contributed by atoms with Gasteiger partial charge in [-0.05, 0) is 32.2 Å². The van der Waals surface area contributed by atoms with Crippen LogP contribution in [-0.4, -0.2) is 30.3 Å². The third-order valence-corrected chi connectivity index (χ3v) is 3.39. The zero-order chi connectivity index (χ0) is 13.5. The number of rotatable bonds is 4. The summed E-state index contributed by atoms with van der Waals surface area (Å²) in [6.45, 7) is 5.08. The number of ether oxygens (including phenoxy) is 1. The lowest BCUT2D eigenvalue weighted by Gasteiger charge is -2.19. The minimum Gasteiger partial charge on any atom is -0.409 e. The summed E-state index contributed by atoms with van der Waals surface area (Å²) in [5, 5.41) is 0. The van der Waals surface area contributed by atoms with Gasteiger partial charge in [-0.1, -0.05) is 12.0 Å². The fraction of sp³-hybridized carbons (Fsp3) is 0.357. The number of nitrogens with zero attached hydrogens (tertiary/aromatic N) is 1. The van der Waals surface area contributed by atoms with E-state index in [1.54, 1.807) is 17.0 Å². The highest BCUT2D eigenvalue weighted by atomic mass is 32.2. The molecule has 18 heavy (non-hydrogen) atoms. The minimum absolute atomic E-state index is 0.343. The zero-order valence-electron chi connectivity index (χ0n) is 10.9. The molecule has 0 saturated heterocycles. The second kappa shape index (κ2) is 6.97. The van der Waals surface area contributed by atoms with Crippen LogP contribution in [0, 0.1) is 12.3 Å². The standard InChI is InChI=1S/C14H17NO2S/c1-5-11-9-8-10-12(13(11)18-4)17-14(16)15(6-2)7-3/h1,8-10H,6-7H2,2-4H3. The molecule has 0 spiro atoms. The van der Waals surface area contributed by atoms with Crippen molar-refractivity contribution in [3.05, 3.63) is 23.8 Å². The van der Waals surface area contributed by atoms with E-state index in [2.05, 4.69) is 5.92 Å². The molecule has 0 atom stereocenters. The van der Waals surface area contributed by atoms with Crippen LogP contribution >= 0.6 is 11.8 Å². The lowest BCUT2D eigenvalue weighted by atomic mass is 10.2. The molecule has 0 aliphatic rings. The molecule has 0 bridgehead atoms. The fourth-order valence-corrected chi connectivity index (χ4v) is 2.22. The Kier molecular flexibility index (Phi) is 5.60. The van der Waals surface area contributed by atoms with Crippen LogP contribution in [0.3, 0.4) is 0 Å². The van der Waals surface area contributed by atoms with E-state index in [1.807, 2.05) is 26.2 Å². The average Bonchev–Trinajstić information content (AvgIpc) is 2.39. The molecular formula is C14H17NO2S. The summed E-state index contributed by atoms with van der Waals surface area (Å²) in [6.07, 6.45) is 6.99. The van der Waals surface area contributed by atoms with Crippen molar-refractivity contribution in [3.63, 3.8) is 0 Å². The molecule has 0 saturated carbocycles. The average molecular weight is 263 g/mol. The Bertz CT molecular complexity index is 461. The van der Waals surface area contributed by atoms with Crippen LogP contribution in [0.1, 0.15) is 19.4 Å². The molecule has 1 aromatic rings. The van der Waals surface area contributed by atoms with Gasteiger partial charge < -0.3 is 9.64 Å². The lowest BCUT2D eigenvalue weighted by molar-refractivity contribution is 0.156. The number of thioether (sulfide) groups is 1. The molecule has 0 N–H and O–H groups in total. The molecule has 1 aromatic carbocycles. The van der Waals surface area contributed by atoms with E-state index in [0.717, 1.165) is 10.5 Å². The largest absolute Gasteiger partial charge is 0.415 e. The van der Waals surface area contributed by atoms with Crippen LogP contribution in [0.5, 0.6) is 5.75 Å². The van der Waals surface area contributed by atoms with Crippen LogP contribution in [0.4, 0.5) is 4.79 Å². The van der Waals surface area contributed by atoms with Gasteiger partial charge in [0.05, 0.1) is 4.90 Å². The highest BCUT2D eigenvalue weighted by Gasteiger charge is 2.15. The second-order valence-electron chi connectivity index (χ2n) is 3.52. The predicted octanol–water partition coefficient (Wildman–Crippen LogP) is 3.23. The van der Waals surface area contributed by atoms with Crippen molar-refractivity contribution >= 4 is 17.9 Å². The van der Waals surface area contributed by atoms with Crippen LogP contribution in [0.25, 0.3) is 0 Å². The van der Waals surface area contributed by atoms with E-state index in [1.165, 1.54) is 11.8 Å². The SMILES string of the molecule is C#Cc1cccc(OC(=O)N(CC)CC)c1SC.